The fourth-order valence-electron chi connectivity index (χ4n) is 4.24. The van der Waals surface area contributed by atoms with Gasteiger partial charge in [0, 0.05) is 38.0 Å². The van der Waals surface area contributed by atoms with Crippen molar-refractivity contribution in [3.05, 3.63) is 48.3 Å². The third-order valence-electron chi connectivity index (χ3n) is 5.66. The molecular weight excluding hydrogens is 347 g/mol. The van der Waals surface area contributed by atoms with Crippen molar-refractivity contribution in [2.24, 2.45) is 5.92 Å². The van der Waals surface area contributed by atoms with Crippen molar-refractivity contribution in [2.45, 2.75) is 37.8 Å². The van der Waals surface area contributed by atoms with Gasteiger partial charge in [0.1, 0.15) is 18.5 Å². The average molecular weight is 372 g/mol. The number of aromatic nitrogens is 3. The van der Waals surface area contributed by atoms with Crippen LogP contribution in [0, 0.1) is 11.7 Å². The fourth-order valence-corrected chi connectivity index (χ4v) is 4.24. The first-order valence-corrected chi connectivity index (χ1v) is 9.55. The molecule has 1 amide bonds. The molecule has 2 aromatic rings. The molecule has 2 N–H and O–H groups in total. The normalized spacial score (nSPS) is 25.7. The Labute approximate surface area is 157 Å². The van der Waals surface area contributed by atoms with Gasteiger partial charge >= 0.3 is 0 Å². The molecule has 1 aromatic heterocycles. The highest BCUT2D eigenvalue weighted by molar-refractivity contribution is 5.76. The molecule has 1 aromatic carbocycles. The smallest absolute Gasteiger partial charge is 0.224 e. The van der Waals surface area contributed by atoms with Crippen molar-refractivity contribution in [1.82, 2.24) is 30.5 Å². The molecule has 27 heavy (non-hydrogen) atoms. The van der Waals surface area contributed by atoms with Crippen LogP contribution in [0.15, 0.2) is 36.9 Å². The van der Waals surface area contributed by atoms with Crippen molar-refractivity contribution >= 4 is 5.91 Å². The standard InChI is InChI=1S/C19H25FN6O/c20-16-5-3-14(4-6-16)17-10-22-24-19(17)15-2-1-8-25(11-15)18(27)7-9-26-13-21-12-23-26/h3-6,12-13,15,17,19,22,24H,1-2,7-11H2. The number of piperidine rings is 1. The molecule has 2 aliphatic rings. The molecule has 8 heteroatoms. The van der Waals surface area contributed by atoms with Gasteiger partial charge in [-0.25, -0.2) is 9.37 Å². The van der Waals surface area contributed by atoms with Crippen LogP contribution in [0.25, 0.3) is 0 Å². The Morgan fingerprint density at radius 1 is 1.30 bits per heavy atom. The molecule has 0 spiro atoms. The minimum atomic E-state index is -0.212. The number of nitrogens with one attached hydrogen (secondary N) is 2. The second kappa shape index (κ2) is 8.14. The SMILES string of the molecule is O=C(CCn1cncn1)N1CCCC(C2NNCC2c2ccc(F)cc2)C1. The summed E-state index contributed by atoms with van der Waals surface area (Å²) in [5, 5.41) is 4.05. The van der Waals surface area contributed by atoms with Gasteiger partial charge < -0.3 is 4.90 Å². The van der Waals surface area contributed by atoms with E-state index in [-0.39, 0.29) is 23.7 Å². The summed E-state index contributed by atoms with van der Waals surface area (Å²) in [6.45, 7) is 2.94. The van der Waals surface area contributed by atoms with Crippen molar-refractivity contribution in [3.63, 3.8) is 0 Å². The summed E-state index contributed by atoms with van der Waals surface area (Å²) in [5.74, 6) is 0.607. The number of carbonyl (C=O) groups excluding carboxylic acids is 1. The van der Waals surface area contributed by atoms with Gasteiger partial charge in [0.25, 0.3) is 0 Å². The van der Waals surface area contributed by atoms with E-state index in [0.29, 0.717) is 18.9 Å². The van der Waals surface area contributed by atoms with E-state index in [2.05, 4.69) is 20.9 Å². The Morgan fingerprint density at radius 2 is 2.15 bits per heavy atom. The maximum absolute atomic E-state index is 13.3. The highest BCUT2D eigenvalue weighted by Crippen LogP contribution is 2.31. The van der Waals surface area contributed by atoms with Gasteiger partial charge in [0.15, 0.2) is 0 Å². The Bertz CT molecular complexity index is 750. The lowest BCUT2D eigenvalue weighted by atomic mass is 9.81. The molecule has 2 saturated heterocycles. The number of nitrogens with zero attached hydrogens (tertiary/aromatic N) is 4. The van der Waals surface area contributed by atoms with Crippen LogP contribution >= 0.6 is 0 Å². The highest BCUT2D eigenvalue weighted by Gasteiger charge is 2.37. The van der Waals surface area contributed by atoms with Crippen LogP contribution in [0.5, 0.6) is 0 Å². The predicted molar refractivity (Wildman–Crippen MR) is 98.0 cm³/mol. The Morgan fingerprint density at radius 3 is 2.93 bits per heavy atom. The summed E-state index contributed by atoms with van der Waals surface area (Å²) in [6, 6.07) is 7.01. The van der Waals surface area contributed by atoms with E-state index in [1.165, 1.54) is 18.5 Å². The Balaban J connectivity index is 1.38. The Kier molecular flexibility index (Phi) is 5.45. The highest BCUT2D eigenvalue weighted by atomic mass is 19.1. The lowest BCUT2D eigenvalue weighted by Crippen LogP contribution is -2.48. The lowest BCUT2D eigenvalue weighted by Gasteiger charge is -2.37. The van der Waals surface area contributed by atoms with Crippen LogP contribution < -0.4 is 10.9 Å². The average Bonchev–Trinajstić information content (AvgIpc) is 3.39. The summed E-state index contributed by atoms with van der Waals surface area (Å²) in [6.07, 6.45) is 5.65. The summed E-state index contributed by atoms with van der Waals surface area (Å²) < 4.78 is 14.9. The number of hydrazine groups is 1. The van der Waals surface area contributed by atoms with E-state index in [9.17, 15) is 9.18 Å². The molecule has 7 nitrogen and oxygen atoms in total. The molecule has 0 saturated carbocycles. The number of amides is 1. The van der Waals surface area contributed by atoms with Crippen LogP contribution in [-0.2, 0) is 11.3 Å². The molecule has 144 valence electrons. The van der Waals surface area contributed by atoms with Crippen LogP contribution in [0.1, 0.15) is 30.7 Å². The molecular formula is C19H25FN6O. The van der Waals surface area contributed by atoms with E-state index >= 15 is 0 Å². The maximum atomic E-state index is 13.3. The first-order valence-electron chi connectivity index (χ1n) is 9.55. The van der Waals surface area contributed by atoms with Gasteiger partial charge in [-0.3, -0.25) is 20.3 Å². The van der Waals surface area contributed by atoms with E-state index in [1.807, 2.05) is 17.0 Å². The summed E-state index contributed by atoms with van der Waals surface area (Å²) in [4.78, 5) is 18.5. The number of halogens is 1. The number of carbonyl (C=O) groups is 1. The second-order valence-electron chi connectivity index (χ2n) is 7.36. The fraction of sp³-hybridized carbons (Fsp3) is 0.526. The molecule has 3 atom stereocenters. The first-order chi connectivity index (χ1) is 13.2. The lowest BCUT2D eigenvalue weighted by molar-refractivity contribution is -0.133. The molecule has 0 bridgehead atoms. The van der Waals surface area contributed by atoms with E-state index in [4.69, 9.17) is 0 Å². The zero-order valence-electron chi connectivity index (χ0n) is 15.2. The molecule has 3 unspecified atom stereocenters. The molecule has 2 fully saturated rings. The molecule has 4 rings (SSSR count). The van der Waals surface area contributed by atoms with E-state index in [0.717, 1.165) is 38.0 Å². The van der Waals surface area contributed by atoms with Gasteiger partial charge in [0.05, 0.1) is 6.54 Å². The third kappa shape index (κ3) is 4.17. The molecule has 0 aliphatic carbocycles. The zero-order chi connectivity index (χ0) is 18.6. The third-order valence-corrected chi connectivity index (χ3v) is 5.66. The number of benzene rings is 1. The van der Waals surface area contributed by atoms with Gasteiger partial charge in [-0.2, -0.15) is 5.10 Å². The predicted octanol–water partition coefficient (Wildman–Crippen LogP) is 1.31. The van der Waals surface area contributed by atoms with Crippen molar-refractivity contribution in [1.29, 1.82) is 0 Å². The monoisotopic (exact) mass is 372 g/mol. The topological polar surface area (TPSA) is 75.1 Å². The summed E-state index contributed by atoms with van der Waals surface area (Å²) >= 11 is 0. The van der Waals surface area contributed by atoms with Gasteiger partial charge in [-0.1, -0.05) is 12.1 Å². The van der Waals surface area contributed by atoms with E-state index in [1.54, 1.807) is 11.0 Å². The molecule has 0 radical (unpaired) electrons. The number of hydrogen-bond acceptors (Lipinski definition) is 5. The number of aryl methyl sites for hydroxylation is 1. The maximum Gasteiger partial charge on any atom is 0.224 e. The summed E-state index contributed by atoms with van der Waals surface area (Å²) in [7, 11) is 0. The number of rotatable bonds is 5. The molecule has 3 heterocycles. The number of likely N-dealkylation sites (tertiary alicyclic amines) is 1. The van der Waals surface area contributed by atoms with E-state index < -0.39 is 0 Å². The van der Waals surface area contributed by atoms with Crippen LogP contribution in [0.2, 0.25) is 0 Å². The Hall–Kier alpha value is -2.32. The number of hydrogen-bond donors (Lipinski definition) is 2. The van der Waals surface area contributed by atoms with Crippen molar-refractivity contribution < 1.29 is 9.18 Å². The van der Waals surface area contributed by atoms with Crippen molar-refractivity contribution in [2.75, 3.05) is 19.6 Å². The van der Waals surface area contributed by atoms with Crippen LogP contribution in [0.4, 0.5) is 4.39 Å². The minimum absolute atomic E-state index is 0.166. The van der Waals surface area contributed by atoms with Gasteiger partial charge in [-0.15, -0.1) is 0 Å². The first kappa shape index (κ1) is 18.1. The summed E-state index contributed by atoms with van der Waals surface area (Å²) in [5.41, 5.74) is 7.79. The zero-order valence-corrected chi connectivity index (χ0v) is 15.2. The van der Waals surface area contributed by atoms with Gasteiger partial charge in [-0.05, 0) is 36.5 Å². The quantitative estimate of drug-likeness (QED) is 0.828. The molecule has 2 aliphatic heterocycles. The van der Waals surface area contributed by atoms with Crippen LogP contribution in [-0.4, -0.2) is 51.2 Å². The van der Waals surface area contributed by atoms with Gasteiger partial charge in [0.2, 0.25) is 5.91 Å². The second-order valence-corrected chi connectivity index (χ2v) is 7.36. The minimum Gasteiger partial charge on any atom is -0.342 e. The van der Waals surface area contributed by atoms with Crippen molar-refractivity contribution in [3.8, 4) is 0 Å². The largest absolute Gasteiger partial charge is 0.342 e. The van der Waals surface area contributed by atoms with Crippen LogP contribution in [0.3, 0.4) is 0 Å².